The quantitative estimate of drug-likeness (QED) is 0.774. The Morgan fingerprint density at radius 1 is 1.21 bits per heavy atom. The van der Waals surface area contributed by atoms with E-state index in [1.807, 2.05) is 29.1 Å². The second-order valence-electron chi connectivity index (χ2n) is 8.48. The number of nitrogens with one attached hydrogen (secondary N) is 2. The Hall–Kier alpha value is -2.18. The molecule has 3 fully saturated rings. The van der Waals surface area contributed by atoms with Crippen LogP contribution in [0.4, 0.5) is 5.69 Å². The van der Waals surface area contributed by atoms with Crippen molar-refractivity contribution in [2.75, 3.05) is 18.5 Å². The van der Waals surface area contributed by atoms with Crippen molar-refractivity contribution in [1.29, 1.82) is 0 Å². The molecule has 0 radical (unpaired) electrons. The van der Waals surface area contributed by atoms with Gasteiger partial charge in [-0.3, -0.25) is 9.48 Å². The zero-order chi connectivity index (χ0) is 18.9. The van der Waals surface area contributed by atoms with Crippen LogP contribution in [0.2, 0.25) is 0 Å². The maximum absolute atomic E-state index is 12.7. The van der Waals surface area contributed by atoms with Crippen LogP contribution in [0.15, 0.2) is 36.7 Å². The van der Waals surface area contributed by atoms with Gasteiger partial charge in [0.05, 0.1) is 11.9 Å². The van der Waals surface area contributed by atoms with E-state index in [1.165, 1.54) is 18.4 Å². The Balaban J connectivity index is 1.18. The SMILES string of the molecule is O=C(Nc1cnn(CC2CC2)c1)c1cccc([C@@H]2C[C@H]2NC2CCOCC2)c1. The zero-order valence-electron chi connectivity index (χ0n) is 16.1. The van der Waals surface area contributed by atoms with Crippen LogP contribution in [-0.4, -0.2) is 41.0 Å². The number of hydrogen-bond donors (Lipinski definition) is 2. The van der Waals surface area contributed by atoms with Gasteiger partial charge < -0.3 is 15.4 Å². The van der Waals surface area contributed by atoms with Gasteiger partial charge in [0, 0.05) is 49.5 Å². The summed E-state index contributed by atoms with van der Waals surface area (Å²) >= 11 is 0. The summed E-state index contributed by atoms with van der Waals surface area (Å²) in [6.07, 6.45) is 9.59. The van der Waals surface area contributed by atoms with Crippen LogP contribution in [-0.2, 0) is 11.3 Å². The van der Waals surface area contributed by atoms with Gasteiger partial charge in [-0.25, -0.2) is 0 Å². The minimum absolute atomic E-state index is 0.0672. The molecule has 2 aliphatic carbocycles. The van der Waals surface area contributed by atoms with Crippen LogP contribution in [0.1, 0.15) is 53.9 Å². The predicted molar refractivity (Wildman–Crippen MR) is 107 cm³/mol. The minimum atomic E-state index is -0.0672. The first-order chi connectivity index (χ1) is 13.7. The van der Waals surface area contributed by atoms with Crippen LogP contribution >= 0.6 is 0 Å². The van der Waals surface area contributed by atoms with Gasteiger partial charge in [0.15, 0.2) is 0 Å². The number of amides is 1. The van der Waals surface area contributed by atoms with Crippen molar-refractivity contribution in [3.63, 3.8) is 0 Å². The van der Waals surface area contributed by atoms with E-state index in [9.17, 15) is 4.79 Å². The van der Waals surface area contributed by atoms with E-state index >= 15 is 0 Å². The number of nitrogens with zero attached hydrogens (tertiary/aromatic N) is 2. The number of ether oxygens (including phenoxy) is 1. The Morgan fingerprint density at radius 3 is 2.89 bits per heavy atom. The van der Waals surface area contributed by atoms with Crippen LogP contribution in [0, 0.1) is 5.92 Å². The summed E-state index contributed by atoms with van der Waals surface area (Å²) in [5.74, 6) is 1.21. The van der Waals surface area contributed by atoms with Gasteiger partial charge in [0.2, 0.25) is 0 Å². The normalized spacial score (nSPS) is 24.9. The molecule has 2 saturated carbocycles. The molecule has 1 amide bonds. The highest BCUT2D eigenvalue weighted by molar-refractivity contribution is 6.04. The molecular formula is C22H28N4O2. The molecule has 5 rings (SSSR count). The van der Waals surface area contributed by atoms with Crippen molar-refractivity contribution >= 4 is 11.6 Å². The first-order valence-corrected chi connectivity index (χ1v) is 10.5. The molecule has 0 bridgehead atoms. The summed E-state index contributed by atoms with van der Waals surface area (Å²) in [5.41, 5.74) is 2.73. The molecule has 0 unspecified atom stereocenters. The minimum Gasteiger partial charge on any atom is -0.381 e. The molecule has 1 aliphatic heterocycles. The summed E-state index contributed by atoms with van der Waals surface area (Å²) in [5, 5.41) is 11.1. The van der Waals surface area contributed by atoms with Crippen LogP contribution in [0.25, 0.3) is 0 Å². The highest BCUT2D eigenvalue weighted by Crippen LogP contribution is 2.41. The lowest BCUT2D eigenvalue weighted by Gasteiger charge is -2.23. The fraction of sp³-hybridized carbons (Fsp3) is 0.545. The van der Waals surface area contributed by atoms with Crippen molar-refractivity contribution in [3.8, 4) is 0 Å². The van der Waals surface area contributed by atoms with E-state index in [2.05, 4.69) is 21.8 Å². The molecule has 2 atom stereocenters. The molecule has 28 heavy (non-hydrogen) atoms. The van der Waals surface area contributed by atoms with Gasteiger partial charge >= 0.3 is 0 Å². The molecule has 3 aliphatic rings. The van der Waals surface area contributed by atoms with Gasteiger partial charge in [-0.15, -0.1) is 0 Å². The Bertz CT molecular complexity index is 839. The number of hydrogen-bond acceptors (Lipinski definition) is 4. The third-order valence-corrected chi connectivity index (χ3v) is 6.07. The molecule has 2 heterocycles. The van der Waals surface area contributed by atoms with Crippen molar-refractivity contribution < 1.29 is 9.53 Å². The molecule has 6 heteroatoms. The Morgan fingerprint density at radius 2 is 2.07 bits per heavy atom. The lowest BCUT2D eigenvalue weighted by molar-refractivity contribution is 0.0774. The fourth-order valence-corrected chi connectivity index (χ4v) is 4.12. The third-order valence-electron chi connectivity index (χ3n) is 6.07. The van der Waals surface area contributed by atoms with Gasteiger partial charge in [-0.1, -0.05) is 12.1 Å². The number of benzene rings is 1. The topological polar surface area (TPSA) is 68.2 Å². The van der Waals surface area contributed by atoms with E-state index in [0.29, 0.717) is 23.6 Å². The molecule has 1 saturated heterocycles. The molecule has 6 nitrogen and oxygen atoms in total. The number of rotatable bonds is 7. The summed E-state index contributed by atoms with van der Waals surface area (Å²) in [4.78, 5) is 12.7. The number of carbonyl (C=O) groups excluding carboxylic acids is 1. The third kappa shape index (κ3) is 4.28. The second kappa shape index (κ2) is 7.68. The predicted octanol–water partition coefficient (Wildman–Crippen LogP) is 3.17. The lowest BCUT2D eigenvalue weighted by Crippen LogP contribution is -2.36. The van der Waals surface area contributed by atoms with E-state index in [4.69, 9.17) is 4.74 Å². The van der Waals surface area contributed by atoms with Gasteiger partial charge in [-0.05, 0) is 55.7 Å². The van der Waals surface area contributed by atoms with Crippen LogP contribution in [0.3, 0.4) is 0 Å². The van der Waals surface area contributed by atoms with E-state index < -0.39 is 0 Å². The first-order valence-electron chi connectivity index (χ1n) is 10.5. The number of aromatic nitrogens is 2. The highest BCUT2D eigenvalue weighted by atomic mass is 16.5. The highest BCUT2D eigenvalue weighted by Gasteiger charge is 2.39. The van der Waals surface area contributed by atoms with Crippen molar-refractivity contribution in [2.45, 2.75) is 56.7 Å². The van der Waals surface area contributed by atoms with E-state index in [1.54, 1.807) is 6.20 Å². The second-order valence-corrected chi connectivity index (χ2v) is 8.48. The van der Waals surface area contributed by atoms with Crippen LogP contribution < -0.4 is 10.6 Å². The zero-order valence-corrected chi connectivity index (χ0v) is 16.1. The van der Waals surface area contributed by atoms with E-state index in [-0.39, 0.29) is 5.91 Å². The smallest absolute Gasteiger partial charge is 0.255 e. The molecular weight excluding hydrogens is 352 g/mol. The molecule has 2 aromatic rings. The van der Waals surface area contributed by atoms with Gasteiger partial charge in [-0.2, -0.15) is 5.10 Å². The molecule has 148 valence electrons. The average Bonchev–Trinajstić information content (AvgIpc) is 3.63. The lowest BCUT2D eigenvalue weighted by atomic mass is 10.1. The maximum atomic E-state index is 12.7. The standard InChI is InChI=1S/C22H28N4O2/c27-22(25-19-12-23-26(14-19)13-15-4-5-15)17-3-1-2-16(10-17)20-11-21(20)24-18-6-8-28-9-7-18/h1-3,10,12,14-15,18,20-21,24H,4-9,11,13H2,(H,25,27)/t20-,21+/m0/s1. The van der Waals surface area contributed by atoms with E-state index in [0.717, 1.165) is 50.6 Å². The Kier molecular flexibility index (Phi) is 4.91. The number of carbonyl (C=O) groups is 1. The molecule has 2 N–H and O–H groups in total. The maximum Gasteiger partial charge on any atom is 0.255 e. The Labute approximate surface area is 165 Å². The largest absolute Gasteiger partial charge is 0.381 e. The van der Waals surface area contributed by atoms with Crippen molar-refractivity contribution in [3.05, 3.63) is 47.8 Å². The summed E-state index contributed by atoms with van der Waals surface area (Å²) in [7, 11) is 0. The molecule has 1 aromatic heterocycles. The molecule has 1 aromatic carbocycles. The summed E-state index contributed by atoms with van der Waals surface area (Å²) in [6.45, 7) is 2.68. The van der Waals surface area contributed by atoms with Gasteiger partial charge in [0.1, 0.15) is 0 Å². The summed E-state index contributed by atoms with van der Waals surface area (Å²) in [6, 6.07) is 9.16. The van der Waals surface area contributed by atoms with Gasteiger partial charge in [0.25, 0.3) is 5.91 Å². The van der Waals surface area contributed by atoms with Crippen molar-refractivity contribution in [1.82, 2.24) is 15.1 Å². The summed E-state index contributed by atoms with van der Waals surface area (Å²) < 4.78 is 7.37. The molecule has 0 spiro atoms. The first kappa shape index (κ1) is 17.9. The monoisotopic (exact) mass is 380 g/mol. The fourth-order valence-electron chi connectivity index (χ4n) is 4.12. The number of anilines is 1. The average molecular weight is 380 g/mol. The van der Waals surface area contributed by atoms with Crippen molar-refractivity contribution in [2.24, 2.45) is 5.92 Å². The van der Waals surface area contributed by atoms with Crippen LogP contribution in [0.5, 0.6) is 0 Å².